The predicted molar refractivity (Wildman–Crippen MR) is 44.1 cm³/mol. The molecule has 0 aromatic rings. The van der Waals surface area contributed by atoms with Crippen molar-refractivity contribution in [1.29, 1.82) is 0 Å². The molecule has 3 heteroatoms. The first kappa shape index (κ1) is 8.48. The number of hydrogen-bond acceptors (Lipinski definition) is 3. The average Bonchev–Trinajstić information content (AvgIpc) is 2.62. The van der Waals surface area contributed by atoms with Gasteiger partial charge in [-0.25, -0.2) is 0 Å². The molecule has 2 fully saturated rings. The quantitative estimate of drug-likeness (QED) is 0.617. The molecule has 1 heterocycles. The van der Waals surface area contributed by atoms with Gasteiger partial charge in [-0.2, -0.15) is 0 Å². The van der Waals surface area contributed by atoms with Crippen LogP contribution in [-0.2, 0) is 14.2 Å². The highest BCUT2D eigenvalue weighted by Crippen LogP contribution is 2.38. The van der Waals surface area contributed by atoms with Crippen LogP contribution in [0.1, 0.15) is 12.8 Å². The Hall–Kier alpha value is -0.120. The lowest BCUT2D eigenvalue weighted by atomic mass is 10.0. The highest BCUT2D eigenvalue weighted by atomic mass is 16.6. The van der Waals surface area contributed by atoms with Crippen molar-refractivity contribution in [1.82, 2.24) is 0 Å². The first-order chi connectivity index (χ1) is 5.86. The Labute approximate surface area is 73.0 Å². The van der Waals surface area contributed by atoms with Gasteiger partial charge in [-0.05, 0) is 12.8 Å². The van der Waals surface area contributed by atoms with Gasteiger partial charge in [0.15, 0.2) is 0 Å². The molecule has 0 aromatic heterocycles. The monoisotopic (exact) mass is 172 g/mol. The fourth-order valence-corrected chi connectivity index (χ4v) is 2.41. The Morgan fingerprint density at radius 3 is 2.50 bits per heavy atom. The smallest absolute Gasteiger partial charge is 0.0891 e. The van der Waals surface area contributed by atoms with Crippen LogP contribution in [0.3, 0.4) is 0 Å². The van der Waals surface area contributed by atoms with Crippen LogP contribution in [0.4, 0.5) is 0 Å². The first-order valence-electron chi connectivity index (χ1n) is 4.54. The summed E-state index contributed by atoms with van der Waals surface area (Å²) in [4.78, 5) is 0. The van der Waals surface area contributed by atoms with Gasteiger partial charge in [0.05, 0.1) is 24.9 Å². The summed E-state index contributed by atoms with van der Waals surface area (Å²) in [5, 5.41) is 0. The van der Waals surface area contributed by atoms with Crippen molar-refractivity contribution >= 4 is 0 Å². The van der Waals surface area contributed by atoms with E-state index in [1.165, 1.54) is 6.42 Å². The average molecular weight is 172 g/mol. The van der Waals surface area contributed by atoms with Crippen LogP contribution in [-0.4, -0.2) is 39.1 Å². The van der Waals surface area contributed by atoms with E-state index in [9.17, 15) is 0 Å². The molecule has 1 saturated carbocycles. The molecule has 12 heavy (non-hydrogen) atoms. The van der Waals surface area contributed by atoms with Crippen LogP contribution in [0.5, 0.6) is 0 Å². The molecule has 0 unspecified atom stereocenters. The summed E-state index contributed by atoms with van der Waals surface area (Å²) in [6.45, 7) is 0.742. The Kier molecular flexibility index (Phi) is 2.35. The van der Waals surface area contributed by atoms with Crippen LogP contribution < -0.4 is 0 Å². The molecule has 2 rings (SSSR count). The predicted octanol–water partition coefficient (Wildman–Crippen LogP) is 0.825. The molecule has 1 saturated heterocycles. The third kappa shape index (κ3) is 1.16. The Balaban J connectivity index is 2.01. The van der Waals surface area contributed by atoms with Crippen LogP contribution in [0, 0.1) is 5.92 Å². The largest absolute Gasteiger partial charge is 0.379 e. The topological polar surface area (TPSA) is 27.7 Å². The van der Waals surface area contributed by atoms with E-state index in [0.29, 0.717) is 24.2 Å². The van der Waals surface area contributed by atoms with E-state index in [1.54, 1.807) is 14.2 Å². The fraction of sp³-hybridized carbons (Fsp3) is 1.00. The molecular formula is C9H16O3. The van der Waals surface area contributed by atoms with Crippen molar-refractivity contribution in [3.63, 3.8) is 0 Å². The van der Waals surface area contributed by atoms with Crippen molar-refractivity contribution in [2.45, 2.75) is 31.2 Å². The Morgan fingerprint density at radius 1 is 1.08 bits per heavy atom. The van der Waals surface area contributed by atoms with E-state index in [-0.39, 0.29) is 0 Å². The lowest BCUT2D eigenvalue weighted by molar-refractivity contribution is -0.0198. The van der Waals surface area contributed by atoms with Crippen LogP contribution >= 0.6 is 0 Å². The van der Waals surface area contributed by atoms with Gasteiger partial charge < -0.3 is 14.2 Å². The second kappa shape index (κ2) is 3.32. The van der Waals surface area contributed by atoms with Crippen molar-refractivity contribution in [3.8, 4) is 0 Å². The van der Waals surface area contributed by atoms with E-state index >= 15 is 0 Å². The summed E-state index contributed by atoms with van der Waals surface area (Å²) < 4.78 is 16.3. The minimum absolute atomic E-state index is 0.292. The Bertz CT molecular complexity index is 142. The highest BCUT2D eigenvalue weighted by Gasteiger charge is 2.46. The molecule has 0 aromatic carbocycles. The van der Waals surface area contributed by atoms with E-state index < -0.39 is 0 Å². The molecule has 0 radical (unpaired) electrons. The lowest BCUT2D eigenvalue weighted by Crippen LogP contribution is -2.27. The molecule has 0 amide bonds. The van der Waals surface area contributed by atoms with Gasteiger partial charge in [-0.1, -0.05) is 0 Å². The molecule has 0 N–H and O–H groups in total. The molecular weight excluding hydrogens is 156 g/mol. The summed E-state index contributed by atoms with van der Waals surface area (Å²) in [6, 6.07) is 0. The number of ether oxygens (including phenoxy) is 3. The summed E-state index contributed by atoms with van der Waals surface area (Å²) in [5.41, 5.74) is 0. The van der Waals surface area contributed by atoms with Gasteiger partial charge in [0.1, 0.15) is 0 Å². The van der Waals surface area contributed by atoms with Gasteiger partial charge in [0.25, 0.3) is 0 Å². The van der Waals surface area contributed by atoms with Gasteiger partial charge in [0.2, 0.25) is 0 Å². The standard InChI is InChI=1S/C9H16O3/c1-10-7-4-3-6-8(11-2)5-12-9(6)7/h6-9H,3-5H2,1-2H3/t6-,7-,8+,9+/m1/s1. The lowest BCUT2D eigenvalue weighted by Gasteiger charge is -2.16. The zero-order valence-corrected chi connectivity index (χ0v) is 7.66. The molecule has 70 valence electrons. The van der Waals surface area contributed by atoms with E-state index in [2.05, 4.69) is 0 Å². The highest BCUT2D eigenvalue weighted by molar-refractivity contribution is 4.95. The summed E-state index contributed by atoms with van der Waals surface area (Å²) >= 11 is 0. The minimum Gasteiger partial charge on any atom is -0.379 e. The summed E-state index contributed by atoms with van der Waals surface area (Å²) in [7, 11) is 3.52. The second-order valence-electron chi connectivity index (χ2n) is 3.59. The SMILES string of the molecule is CO[C@H]1CO[C@H]2[C@@H]1CC[C@H]2OC. The van der Waals surface area contributed by atoms with Crippen LogP contribution in [0.15, 0.2) is 0 Å². The molecule has 2 aliphatic rings. The van der Waals surface area contributed by atoms with Gasteiger partial charge >= 0.3 is 0 Å². The first-order valence-corrected chi connectivity index (χ1v) is 4.54. The minimum atomic E-state index is 0.292. The normalized spacial score (nSPS) is 46.5. The molecule has 0 bridgehead atoms. The molecule has 4 atom stereocenters. The zero-order chi connectivity index (χ0) is 8.55. The van der Waals surface area contributed by atoms with Crippen molar-refractivity contribution in [2.24, 2.45) is 5.92 Å². The second-order valence-corrected chi connectivity index (χ2v) is 3.59. The van der Waals surface area contributed by atoms with Gasteiger partial charge in [0, 0.05) is 20.1 Å². The van der Waals surface area contributed by atoms with Crippen LogP contribution in [0.2, 0.25) is 0 Å². The zero-order valence-electron chi connectivity index (χ0n) is 7.66. The maximum Gasteiger partial charge on any atom is 0.0891 e. The van der Waals surface area contributed by atoms with Crippen LogP contribution in [0.25, 0.3) is 0 Å². The van der Waals surface area contributed by atoms with Crippen molar-refractivity contribution in [3.05, 3.63) is 0 Å². The Morgan fingerprint density at radius 2 is 1.83 bits per heavy atom. The third-order valence-corrected chi connectivity index (χ3v) is 3.11. The molecule has 0 spiro atoms. The molecule has 1 aliphatic heterocycles. The number of hydrogen-bond donors (Lipinski definition) is 0. The summed E-state index contributed by atoms with van der Waals surface area (Å²) in [6.07, 6.45) is 3.19. The summed E-state index contributed by atoms with van der Waals surface area (Å²) in [5.74, 6) is 0.569. The van der Waals surface area contributed by atoms with E-state index in [1.807, 2.05) is 0 Å². The van der Waals surface area contributed by atoms with Crippen molar-refractivity contribution < 1.29 is 14.2 Å². The van der Waals surface area contributed by atoms with E-state index in [4.69, 9.17) is 14.2 Å². The number of rotatable bonds is 2. The van der Waals surface area contributed by atoms with E-state index in [0.717, 1.165) is 13.0 Å². The van der Waals surface area contributed by atoms with Crippen molar-refractivity contribution in [2.75, 3.05) is 20.8 Å². The number of methoxy groups -OCH3 is 2. The molecule has 1 aliphatic carbocycles. The van der Waals surface area contributed by atoms with Gasteiger partial charge in [-0.15, -0.1) is 0 Å². The maximum absolute atomic E-state index is 5.63. The molecule has 3 nitrogen and oxygen atoms in total. The third-order valence-electron chi connectivity index (χ3n) is 3.11. The maximum atomic E-state index is 5.63. The fourth-order valence-electron chi connectivity index (χ4n) is 2.41. The number of fused-ring (bicyclic) bond motifs is 1. The van der Waals surface area contributed by atoms with Gasteiger partial charge in [-0.3, -0.25) is 0 Å².